The van der Waals surface area contributed by atoms with Crippen molar-refractivity contribution < 1.29 is 9.90 Å². The number of carbonyl (C=O) groups excluding carboxylic acids is 1. The molecular formula is C25H26N6O2S. The number of piperidine rings is 1. The summed E-state index contributed by atoms with van der Waals surface area (Å²) >= 11 is 1.50. The second kappa shape index (κ2) is 10.1. The number of nitriles is 1. The molecule has 0 bridgehead atoms. The second-order valence-electron chi connectivity index (χ2n) is 8.69. The van der Waals surface area contributed by atoms with Crippen LogP contribution in [-0.2, 0) is 17.8 Å². The summed E-state index contributed by atoms with van der Waals surface area (Å²) < 4.78 is 0. The van der Waals surface area contributed by atoms with E-state index < -0.39 is 6.10 Å². The number of amides is 1. The van der Waals surface area contributed by atoms with Gasteiger partial charge in [0.2, 0.25) is 5.91 Å². The number of fused-ring (bicyclic) bond motifs is 2. The molecule has 2 atom stereocenters. The number of aliphatic hydroxyl groups is 1. The minimum Gasteiger partial charge on any atom is -0.390 e. The summed E-state index contributed by atoms with van der Waals surface area (Å²) in [5.41, 5.74) is 3.55. The number of anilines is 1. The van der Waals surface area contributed by atoms with E-state index in [9.17, 15) is 15.2 Å². The van der Waals surface area contributed by atoms with E-state index in [1.807, 2.05) is 36.5 Å². The molecular weight excluding hydrogens is 448 g/mol. The van der Waals surface area contributed by atoms with Gasteiger partial charge >= 0.3 is 0 Å². The molecule has 9 heteroatoms. The number of hydrogen-bond donors (Lipinski definition) is 3. The molecule has 1 amide bonds. The van der Waals surface area contributed by atoms with Crippen LogP contribution in [0.15, 0.2) is 47.5 Å². The molecule has 1 saturated heterocycles. The zero-order valence-corrected chi connectivity index (χ0v) is 19.5. The summed E-state index contributed by atoms with van der Waals surface area (Å²) in [6, 6.07) is 13.8. The molecule has 1 aromatic carbocycles. The van der Waals surface area contributed by atoms with Crippen LogP contribution in [0.2, 0.25) is 0 Å². The van der Waals surface area contributed by atoms with Crippen LogP contribution >= 0.6 is 11.8 Å². The molecule has 5 rings (SSSR count). The largest absolute Gasteiger partial charge is 0.390 e. The van der Waals surface area contributed by atoms with Crippen LogP contribution in [0.25, 0.3) is 10.9 Å². The van der Waals surface area contributed by atoms with Crippen LogP contribution in [0.5, 0.6) is 0 Å². The van der Waals surface area contributed by atoms with E-state index in [2.05, 4.69) is 31.6 Å². The number of aromatic nitrogens is 2. The number of likely N-dealkylation sites (tertiary alicyclic amines) is 1. The lowest BCUT2D eigenvalue weighted by molar-refractivity contribution is -0.113. The van der Waals surface area contributed by atoms with Gasteiger partial charge < -0.3 is 20.6 Å². The van der Waals surface area contributed by atoms with Crippen molar-refractivity contribution in [3.8, 4) is 6.07 Å². The third-order valence-corrected chi connectivity index (χ3v) is 7.45. The minimum atomic E-state index is -0.471. The van der Waals surface area contributed by atoms with Gasteiger partial charge in [-0.3, -0.25) is 9.78 Å². The number of β-amino-alcohol motifs (C(OH)–C–C–N with tert-alkyl or cyclic N) is 1. The molecule has 0 radical (unpaired) electrons. The van der Waals surface area contributed by atoms with E-state index in [-0.39, 0.29) is 11.9 Å². The number of pyridine rings is 2. The molecule has 2 aliphatic heterocycles. The lowest BCUT2D eigenvalue weighted by atomic mass is 10.00. The van der Waals surface area contributed by atoms with E-state index in [1.54, 1.807) is 6.07 Å². The summed E-state index contributed by atoms with van der Waals surface area (Å²) in [6.07, 6.45) is 3.02. The van der Waals surface area contributed by atoms with Gasteiger partial charge in [-0.15, -0.1) is 11.8 Å². The Morgan fingerprint density at radius 2 is 2.21 bits per heavy atom. The van der Waals surface area contributed by atoms with Gasteiger partial charge in [-0.25, -0.2) is 4.98 Å². The van der Waals surface area contributed by atoms with Crippen molar-refractivity contribution in [3.05, 3.63) is 59.4 Å². The maximum Gasteiger partial charge on any atom is 0.235 e. The number of carbonyl (C=O) groups is 1. The molecule has 2 aromatic heterocycles. The van der Waals surface area contributed by atoms with Gasteiger partial charge in [0, 0.05) is 37.3 Å². The van der Waals surface area contributed by atoms with Gasteiger partial charge in [-0.2, -0.15) is 5.26 Å². The number of thioether (sulfide) groups is 1. The topological polar surface area (TPSA) is 114 Å². The number of hydrogen-bond acceptors (Lipinski definition) is 8. The molecule has 34 heavy (non-hydrogen) atoms. The Kier molecular flexibility index (Phi) is 6.74. The highest BCUT2D eigenvalue weighted by Crippen LogP contribution is 2.29. The molecule has 0 spiro atoms. The number of nitrogens with one attached hydrogen (secondary N) is 2. The summed E-state index contributed by atoms with van der Waals surface area (Å²) in [5.74, 6) is 1.03. The second-order valence-corrected chi connectivity index (χ2v) is 9.71. The SMILES string of the molecule is N#Cc1ccc2nccc(CCN3CCC(NCc4ccc5c(n4)NC(=O)CS5)C(O)C3)c2c1. The first-order valence-electron chi connectivity index (χ1n) is 11.4. The fourth-order valence-corrected chi connectivity index (χ4v) is 5.30. The average Bonchev–Trinajstić information content (AvgIpc) is 2.86. The van der Waals surface area contributed by atoms with Crippen molar-refractivity contribution in [3.63, 3.8) is 0 Å². The van der Waals surface area contributed by atoms with Gasteiger partial charge in [0.25, 0.3) is 0 Å². The molecule has 2 aliphatic rings. The molecule has 3 N–H and O–H groups in total. The monoisotopic (exact) mass is 474 g/mol. The Morgan fingerprint density at radius 3 is 3.06 bits per heavy atom. The molecule has 174 valence electrons. The van der Waals surface area contributed by atoms with Crippen molar-refractivity contribution in [2.75, 3.05) is 30.7 Å². The summed E-state index contributed by atoms with van der Waals surface area (Å²) in [7, 11) is 0. The maximum absolute atomic E-state index is 11.6. The van der Waals surface area contributed by atoms with Crippen molar-refractivity contribution in [1.82, 2.24) is 20.2 Å². The maximum atomic E-state index is 11.6. The summed E-state index contributed by atoms with van der Waals surface area (Å²) in [6.45, 7) is 2.88. The number of nitrogens with zero attached hydrogens (tertiary/aromatic N) is 4. The van der Waals surface area contributed by atoms with Crippen LogP contribution in [0.4, 0.5) is 5.82 Å². The number of benzene rings is 1. The predicted octanol–water partition coefficient (Wildman–Crippen LogP) is 2.31. The first-order valence-corrected chi connectivity index (χ1v) is 12.4. The Labute approximate surface area is 202 Å². The van der Waals surface area contributed by atoms with Crippen LogP contribution in [0.3, 0.4) is 0 Å². The van der Waals surface area contributed by atoms with E-state index in [4.69, 9.17) is 0 Å². The molecule has 2 unspecified atom stereocenters. The van der Waals surface area contributed by atoms with Gasteiger partial charge in [-0.05, 0) is 61.3 Å². The van der Waals surface area contributed by atoms with E-state index in [1.165, 1.54) is 17.3 Å². The highest BCUT2D eigenvalue weighted by Gasteiger charge is 2.27. The van der Waals surface area contributed by atoms with Crippen molar-refractivity contribution in [2.24, 2.45) is 0 Å². The quantitative estimate of drug-likeness (QED) is 0.499. The Morgan fingerprint density at radius 1 is 1.29 bits per heavy atom. The molecule has 3 aromatic rings. The van der Waals surface area contributed by atoms with Gasteiger partial charge in [0.05, 0.1) is 39.6 Å². The summed E-state index contributed by atoms with van der Waals surface area (Å²) in [4.78, 5) is 23.8. The molecule has 4 heterocycles. The Balaban J connectivity index is 1.15. The van der Waals surface area contributed by atoms with Gasteiger partial charge in [0.15, 0.2) is 0 Å². The van der Waals surface area contributed by atoms with E-state index in [0.717, 1.165) is 47.4 Å². The van der Waals surface area contributed by atoms with Crippen molar-refractivity contribution in [1.29, 1.82) is 5.26 Å². The number of aliphatic hydroxyl groups excluding tert-OH is 1. The third-order valence-electron chi connectivity index (χ3n) is 6.40. The highest BCUT2D eigenvalue weighted by molar-refractivity contribution is 8.00. The Bertz CT molecular complexity index is 1260. The van der Waals surface area contributed by atoms with Crippen LogP contribution in [0.1, 0.15) is 23.2 Å². The fourth-order valence-electron chi connectivity index (χ4n) is 4.55. The fraction of sp³-hybridized carbons (Fsp3) is 0.360. The molecule has 0 aliphatic carbocycles. The first-order chi connectivity index (χ1) is 16.6. The highest BCUT2D eigenvalue weighted by atomic mass is 32.2. The van der Waals surface area contributed by atoms with Gasteiger partial charge in [-0.1, -0.05) is 0 Å². The standard InChI is InChI=1S/C25H26N6O2S/c26-12-16-1-3-20-19(11-16)17(5-8-27-20)6-9-31-10-7-21(22(32)14-31)28-13-18-2-4-23-25(29-18)30-24(33)15-34-23/h1-5,8,11,21-22,28,32H,6-7,9-10,13-15H2,(H,29,30,33). The zero-order chi connectivity index (χ0) is 23.5. The average molecular weight is 475 g/mol. The normalized spacial score (nSPS) is 20.5. The van der Waals surface area contributed by atoms with Crippen molar-refractivity contribution >= 4 is 34.4 Å². The van der Waals surface area contributed by atoms with E-state index >= 15 is 0 Å². The lowest BCUT2D eigenvalue weighted by Gasteiger charge is -2.36. The van der Waals surface area contributed by atoms with Crippen molar-refractivity contribution in [2.45, 2.75) is 36.4 Å². The lowest BCUT2D eigenvalue weighted by Crippen LogP contribution is -2.52. The smallest absolute Gasteiger partial charge is 0.235 e. The third kappa shape index (κ3) is 5.05. The predicted molar refractivity (Wildman–Crippen MR) is 131 cm³/mol. The summed E-state index contributed by atoms with van der Waals surface area (Å²) in [5, 5.41) is 27.3. The van der Waals surface area contributed by atoms with E-state index in [0.29, 0.717) is 30.2 Å². The van der Waals surface area contributed by atoms with Crippen LogP contribution in [0, 0.1) is 11.3 Å². The zero-order valence-electron chi connectivity index (χ0n) is 18.7. The van der Waals surface area contributed by atoms with Gasteiger partial charge in [0.1, 0.15) is 5.82 Å². The number of rotatable bonds is 6. The van der Waals surface area contributed by atoms with Crippen LogP contribution < -0.4 is 10.6 Å². The Hall–Kier alpha value is -3.03. The first kappa shape index (κ1) is 22.7. The molecule has 1 fully saturated rings. The molecule has 0 saturated carbocycles. The molecule has 8 nitrogen and oxygen atoms in total. The van der Waals surface area contributed by atoms with Crippen LogP contribution in [-0.4, -0.2) is 63.4 Å². The minimum absolute atomic E-state index is 0.00186.